The molecule has 0 amide bonds. The van der Waals surface area contributed by atoms with Crippen molar-refractivity contribution >= 4 is 59.8 Å². The van der Waals surface area contributed by atoms with Crippen LogP contribution in [-0.4, -0.2) is 59.8 Å². The van der Waals surface area contributed by atoms with Crippen LogP contribution in [0.15, 0.2) is 0 Å². The van der Waals surface area contributed by atoms with Gasteiger partial charge in [-0.05, 0) is 25.7 Å². The Kier molecular flexibility index (Phi) is 43.1. The minimum Gasteiger partial charge on any atom is -0.550 e. The van der Waals surface area contributed by atoms with Gasteiger partial charge >= 0.3 is 23.9 Å². The molecule has 174 valence electrons. The van der Waals surface area contributed by atoms with E-state index in [1.807, 2.05) is 0 Å². The minimum atomic E-state index is -0.909. The van der Waals surface area contributed by atoms with Crippen LogP contribution in [0, 0.1) is 0 Å². The third-order valence-electron chi connectivity index (χ3n) is 4.97. The van der Waals surface area contributed by atoms with E-state index in [1.54, 1.807) is 0 Å². The van der Waals surface area contributed by atoms with E-state index in [1.165, 1.54) is 89.9 Å². The maximum absolute atomic E-state index is 10.1. The smallest absolute Gasteiger partial charge is 0.550 e. The monoisotopic (exact) mass is 638 g/mol. The molecule has 0 saturated heterocycles. The molecule has 0 saturated carbocycles. The van der Waals surface area contributed by atoms with E-state index in [2.05, 4.69) is 13.8 Å². The molecule has 0 spiro atoms. The van der Waals surface area contributed by atoms with Crippen molar-refractivity contribution in [3.63, 3.8) is 0 Å². The fourth-order valence-electron chi connectivity index (χ4n) is 3.16. The van der Waals surface area contributed by atoms with E-state index in [4.69, 9.17) is 0 Å². The minimum absolute atomic E-state index is 0. The van der Waals surface area contributed by atoms with Crippen molar-refractivity contribution in [2.75, 3.05) is 0 Å². The van der Waals surface area contributed by atoms with Crippen molar-refractivity contribution in [3.05, 3.63) is 0 Å². The van der Waals surface area contributed by atoms with Gasteiger partial charge in [-0.2, -0.15) is 0 Å². The van der Waals surface area contributed by atoms with Crippen molar-refractivity contribution in [1.29, 1.82) is 0 Å². The van der Waals surface area contributed by atoms with E-state index in [0.717, 1.165) is 25.7 Å². The number of carbonyl (C=O) groups is 2. The SMILES string of the molecule is CCCCCCCCCCCC(=O)[O-].CCCCCCCCCCCC(=O)[O-].[Sn+2].[Sn]. The van der Waals surface area contributed by atoms with Gasteiger partial charge in [0.2, 0.25) is 0 Å². The summed E-state index contributed by atoms with van der Waals surface area (Å²) >= 11 is 0. The second kappa shape index (κ2) is 34.2. The average molecular weight is 636 g/mol. The van der Waals surface area contributed by atoms with Crippen molar-refractivity contribution in [2.45, 2.75) is 142 Å². The first-order valence-electron chi connectivity index (χ1n) is 11.9. The van der Waals surface area contributed by atoms with E-state index in [-0.39, 0.29) is 60.7 Å². The Bertz CT molecular complexity index is 307. The molecule has 30 heavy (non-hydrogen) atoms. The predicted molar refractivity (Wildman–Crippen MR) is 125 cm³/mol. The zero-order valence-electron chi connectivity index (χ0n) is 19.8. The molecule has 0 bridgehead atoms. The van der Waals surface area contributed by atoms with Crippen LogP contribution in [0.2, 0.25) is 0 Å². The van der Waals surface area contributed by atoms with Gasteiger partial charge in [0.05, 0.1) is 0 Å². The van der Waals surface area contributed by atoms with Crippen LogP contribution in [-0.2, 0) is 9.59 Å². The van der Waals surface area contributed by atoms with E-state index >= 15 is 0 Å². The van der Waals surface area contributed by atoms with Gasteiger partial charge in [-0.1, -0.05) is 117 Å². The summed E-state index contributed by atoms with van der Waals surface area (Å²) in [4.78, 5) is 20.2. The molecule has 0 N–H and O–H groups in total. The zero-order valence-corrected chi connectivity index (χ0v) is 25.5. The van der Waals surface area contributed by atoms with Gasteiger partial charge < -0.3 is 19.8 Å². The maximum atomic E-state index is 10.1. The molecule has 0 aromatic heterocycles. The first kappa shape index (κ1) is 37.8. The number of carboxylic acids is 2. The summed E-state index contributed by atoms with van der Waals surface area (Å²) in [6, 6.07) is 0. The fraction of sp³-hybridized carbons (Fsp3) is 0.917. The number of carbonyl (C=O) groups excluding carboxylic acids is 2. The molecule has 0 aliphatic rings. The molecular formula is C24H46O4Sn2. The molecule has 6 radical (unpaired) electrons. The number of hydrogen-bond acceptors (Lipinski definition) is 4. The molecule has 0 aliphatic carbocycles. The van der Waals surface area contributed by atoms with Crippen LogP contribution in [0.4, 0.5) is 0 Å². The Hall–Kier alpha value is 0.537. The van der Waals surface area contributed by atoms with E-state index in [0.29, 0.717) is 0 Å². The van der Waals surface area contributed by atoms with Crippen molar-refractivity contribution in [3.8, 4) is 0 Å². The molecule has 0 aromatic rings. The summed E-state index contributed by atoms with van der Waals surface area (Å²) in [5.41, 5.74) is 0. The maximum Gasteiger partial charge on any atom is 2.00 e. The van der Waals surface area contributed by atoms with E-state index < -0.39 is 11.9 Å². The third kappa shape index (κ3) is 42.6. The van der Waals surface area contributed by atoms with Gasteiger partial charge in [0.15, 0.2) is 0 Å². The summed E-state index contributed by atoms with van der Waals surface area (Å²) in [6.45, 7) is 4.44. The number of carboxylic acid groups (broad SMARTS) is 2. The van der Waals surface area contributed by atoms with Gasteiger partial charge in [-0.15, -0.1) is 0 Å². The van der Waals surface area contributed by atoms with Gasteiger partial charge in [0.1, 0.15) is 0 Å². The van der Waals surface area contributed by atoms with Crippen LogP contribution in [0.5, 0.6) is 0 Å². The Balaban J connectivity index is -0.000000211. The molecule has 0 rings (SSSR count). The van der Waals surface area contributed by atoms with Gasteiger partial charge in [0, 0.05) is 35.8 Å². The summed E-state index contributed by atoms with van der Waals surface area (Å²) < 4.78 is 0. The molecule has 0 aromatic carbocycles. The molecule has 6 heteroatoms. The topological polar surface area (TPSA) is 80.3 Å². The van der Waals surface area contributed by atoms with Crippen molar-refractivity contribution in [2.24, 2.45) is 0 Å². The Labute approximate surface area is 220 Å². The number of rotatable bonds is 20. The first-order valence-corrected chi connectivity index (χ1v) is 11.9. The van der Waals surface area contributed by atoms with Gasteiger partial charge in [-0.3, -0.25) is 0 Å². The van der Waals surface area contributed by atoms with Crippen LogP contribution >= 0.6 is 0 Å². The third-order valence-corrected chi connectivity index (χ3v) is 4.97. The normalized spacial score (nSPS) is 9.67. The number of aliphatic carboxylic acids is 2. The predicted octanol–water partition coefficient (Wildman–Crippen LogP) is 4.55. The van der Waals surface area contributed by atoms with Crippen LogP contribution in [0.3, 0.4) is 0 Å². The molecule has 0 aliphatic heterocycles. The van der Waals surface area contributed by atoms with Crippen molar-refractivity contribution in [1.82, 2.24) is 0 Å². The molecule has 4 nitrogen and oxygen atoms in total. The summed E-state index contributed by atoms with van der Waals surface area (Å²) in [6.07, 6.45) is 22.3. The number of unbranched alkanes of at least 4 members (excludes halogenated alkanes) is 16. The molecule has 0 unspecified atom stereocenters. The molecule has 0 heterocycles. The van der Waals surface area contributed by atoms with Crippen LogP contribution in [0.25, 0.3) is 0 Å². The second-order valence-corrected chi connectivity index (χ2v) is 7.90. The van der Waals surface area contributed by atoms with Crippen LogP contribution in [0.1, 0.15) is 142 Å². The molecular weight excluding hydrogens is 590 g/mol. The standard InChI is InChI=1S/2C12H24O2.2Sn/c2*1-2-3-4-5-6-7-8-9-10-11-12(13)14;;/h2*2-11H2,1H3,(H,13,14);;/q;;;+2/p-2. The number of hydrogen-bond donors (Lipinski definition) is 0. The Morgan fingerprint density at radius 1 is 0.467 bits per heavy atom. The van der Waals surface area contributed by atoms with Crippen molar-refractivity contribution < 1.29 is 19.8 Å². The van der Waals surface area contributed by atoms with E-state index in [9.17, 15) is 19.8 Å². The van der Waals surface area contributed by atoms with Crippen LogP contribution < -0.4 is 10.2 Å². The van der Waals surface area contributed by atoms with Gasteiger partial charge in [0.25, 0.3) is 0 Å². The molecule has 0 atom stereocenters. The first-order chi connectivity index (χ1) is 13.5. The summed E-state index contributed by atoms with van der Waals surface area (Å²) in [5.74, 6) is -1.82. The summed E-state index contributed by atoms with van der Waals surface area (Å²) in [5, 5.41) is 20.2. The average Bonchev–Trinajstić information content (AvgIpc) is 2.65. The van der Waals surface area contributed by atoms with Gasteiger partial charge in [-0.25, -0.2) is 0 Å². The Morgan fingerprint density at radius 2 is 0.667 bits per heavy atom. The fourth-order valence-corrected chi connectivity index (χ4v) is 3.16. The zero-order chi connectivity index (χ0) is 21.3. The molecule has 0 fully saturated rings. The largest absolute Gasteiger partial charge is 2.00 e. The Morgan fingerprint density at radius 3 is 0.867 bits per heavy atom. The summed E-state index contributed by atoms with van der Waals surface area (Å²) in [7, 11) is 0. The quantitative estimate of drug-likeness (QED) is 0.145. The second-order valence-electron chi connectivity index (χ2n) is 7.90.